The Morgan fingerprint density at radius 2 is 2.17 bits per heavy atom. The summed E-state index contributed by atoms with van der Waals surface area (Å²) in [6, 6.07) is 4.93. The highest BCUT2D eigenvalue weighted by molar-refractivity contribution is 7.07. The number of aromatic carboxylic acids is 1. The molecule has 0 aliphatic rings. The molecule has 2 rings (SSSR count). The van der Waals surface area contributed by atoms with Crippen LogP contribution in [0.3, 0.4) is 0 Å². The summed E-state index contributed by atoms with van der Waals surface area (Å²) in [5, 5.41) is 13.3. The van der Waals surface area contributed by atoms with Crippen LogP contribution >= 0.6 is 11.3 Å². The molecule has 0 aliphatic carbocycles. The number of thiazole rings is 1. The number of hydrogen-bond donors (Lipinski definition) is 2. The molecule has 0 bridgehead atoms. The van der Waals surface area contributed by atoms with Crippen LogP contribution in [0.15, 0.2) is 29.1 Å². The van der Waals surface area contributed by atoms with Gasteiger partial charge in [-0.05, 0) is 18.6 Å². The molecule has 0 fully saturated rings. The van der Waals surface area contributed by atoms with Crippen LogP contribution in [-0.2, 0) is 0 Å². The molecule has 0 aliphatic heterocycles. The van der Waals surface area contributed by atoms with E-state index in [-0.39, 0.29) is 16.9 Å². The predicted octanol–water partition coefficient (Wildman–Crippen LogP) is 2.40. The number of aryl methyl sites for hydroxylation is 1. The number of nitrogens with zero attached hydrogens (tertiary/aromatic N) is 1. The number of carboxylic acid groups (broad SMARTS) is 1. The van der Waals surface area contributed by atoms with Crippen molar-refractivity contribution in [3.8, 4) is 0 Å². The van der Waals surface area contributed by atoms with Crippen LogP contribution in [0.2, 0.25) is 0 Å². The molecule has 1 aromatic carbocycles. The first-order valence-corrected chi connectivity index (χ1v) is 6.06. The van der Waals surface area contributed by atoms with Crippen LogP contribution in [0.5, 0.6) is 0 Å². The Morgan fingerprint density at radius 1 is 1.39 bits per heavy atom. The fraction of sp³-hybridized carbons (Fsp3) is 0.0833. The van der Waals surface area contributed by atoms with E-state index in [2.05, 4.69) is 10.3 Å². The average molecular weight is 262 g/mol. The fourth-order valence-corrected chi connectivity index (χ4v) is 2.10. The van der Waals surface area contributed by atoms with Crippen molar-refractivity contribution in [2.45, 2.75) is 6.92 Å². The molecule has 6 heteroatoms. The Hall–Kier alpha value is -2.21. The van der Waals surface area contributed by atoms with Gasteiger partial charge in [-0.15, -0.1) is 11.3 Å². The minimum atomic E-state index is -1.07. The first-order valence-electron chi connectivity index (χ1n) is 5.12. The van der Waals surface area contributed by atoms with Gasteiger partial charge < -0.3 is 10.4 Å². The second kappa shape index (κ2) is 4.97. The summed E-state index contributed by atoms with van der Waals surface area (Å²) >= 11 is 1.30. The maximum Gasteiger partial charge on any atom is 0.338 e. The van der Waals surface area contributed by atoms with E-state index in [4.69, 9.17) is 5.11 Å². The fourth-order valence-electron chi connectivity index (χ4n) is 1.57. The van der Waals surface area contributed by atoms with Crippen LogP contribution in [-0.4, -0.2) is 22.0 Å². The van der Waals surface area contributed by atoms with Crippen molar-refractivity contribution in [1.29, 1.82) is 0 Å². The lowest BCUT2D eigenvalue weighted by Crippen LogP contribution is -2.15. The summed E-state index contributed by atoms with van der Waals surface area (Å²) in [5.74, 6) is -1.48. The van der Waals surface area contributed by atoms with Gasteiger partial charge in [0, 0.05) is 5.38 Å². The van der Waals surface area contributed by atoms with Crippen LogP contribution in [0.25, 0.3) is 0 Å². The smallest absolute Gasteiger partial charge is 0.338 e. The lowest BCUT2D eigenvalue weighted by Gasteiger charge is -2.09. The summed E-state index contributed by atoms with van der Waals surface area (Å²) in [4.78, 5) is 26.8. The molecular weight excluding hydrogens is 252 g/mol. The summed E-state index contributed by atoms with van der Waals surface area (Å²) < 4.78 is 0. The molecule has 92 valence electrons. The van der Waals surface area contributed by atoms with Crippen molar-refractivity contribution < 1.29 is 14.7 Å². The average Bonchev–Trinajstić information content (AvgIpc) is 2.81. The largest absolute Gasteiger partial charge is 0.478 e. The minimum Gasteiger partial charge on any atom is -0.478 e. The number of carboxylic acids is 1. The molecule has 0 saturated carbocycles. The molecule has 0 atom stereocenters. The molecule has 2 N–H and O–H groups in total. The summed E-state index contributed by atoms with van der Waals surface area (Å²) in [5.41, 5.74) is 2.79. The maximum absolute atomic E-state index is 11.8. The molecule has 2 aromatic rings. The van der Waals surface area contributed by atoms with Gasteiger partial charge in [-0.25, -0.2) is 9.78 Å². The summed E-state index contributed by atoms with van der Waals surface area (Å²) in [6.07, 6.45) is 0. The number of rotatable bonds is 3. The van der Waals surface area contributed by atoms with Crippen LogP contribution in [0.1, 0.15) is 26.4 Å². The van der Waals surface area contributed by atoms with E-state index in [1.807, 2.05) is 0 Å². The molecule has 0 unspecified atom stereocenters. The van der Waals surface area contributed by atoms with Crippen LogP contribution in [0, 0.1) is 6.92 Å². The molecular formula is C12H10N2O3S. The van der Waals surface area contributed by atoms with Gasteiger partial charge in [-0.1, -0.05) is 12.1 Å². The first kappa shape index (κ1) is 12.3. The lowest BCUT2D eigenvalue weighted by molar-refractivity contribution is 0.0697. The third-order valence-electron chi connectivity index (χ3n) is 2.40. The Morgan fingerprint density at radius 3 is 2.78 bits per heavy atom. The molecule has 1 aromatic heterocycles. The van der Waals surface area contributed by atoms with Gasteiger partial charge in [0.05, 0.1) is 16.8 Å². The second-order valence-corrected chi connectivity index (χ2v) is 4.35. The standard InChI is InChI=1S/C12H10N2O3S/c1-7-3-2-4-8(10(7)12(16)17)14-11(15)9-5-18-6-13-9/h2-6H,1H3,(H,14,15)(H,16,17). The quantitative estimate of drug-likeness (QED) is 0.890. The lowest BCUT2D eigenvalue weighted by atomic mass is 10.1. The molecule has 0 radical (unpaired) electrons. The third-order valence-corrected chi connectivity index (χ3v) is 2.99. The van der Waals surface area contributed by atoms with Gasteiger partial charge in [0.2, 0.25) is 0 Å². The van der Waals surface area contributed by atoms with Gasteiger partial charge in [0.15, 0.2) is 0 Å². The van der Waals surface area contributed by atoms with Gasteiger partial charge in [-0.3, -0.25) is 4.79 Å². The summed E-state index contributed by atoms with van der Waals surface area (Å²) in [6.45, 7) is 1.68. The van der Waals surface area contributed by atoms with Gasteiger partial charge >= 0.3 is 5.97 Å². The Labute approximate surface area is 107 Å². The monoisotopic (exact) mass is 262 g/mol. The highest BCUT2D eigenvalue weighted by Crippen LogP contribution is 2.20. The van der Waals surface area contributed by atoms with Gasteiger partial charge in [-0.2, -0.15) is 0 Å². The van der Waals surface area contributed by atoms with Crippen LogP contribution < -0.4 is 5.32 Å². The van der Waals surface area contributed by atoms with E-state index in [1.54, 1.807) is 36.0 Å². The van der Waals surface area contributed by atoms with Gasteiger partial charge in [0.25, 0.3) is 5.91 Å². The topological polar surface area (TPSA) is 79.3 Å². The van der Waals surface area contributed by atoms with Crippen molar-refractivity contribution in [2.24, 2.45) is 0 Å². The summed E-state index contributed by atoms with van der Waals surface area (Å²) in [7, 11) is 0. The number of hydrogen-bond acceptors (Lipinski definition) is 4. The molecule has 1 amide bonds. The van der Waals surface area contributed by atoms with Crippen molar-refractivity contribution >= 4 is 28.9 Å². The SMILES string of the molecule is Cc1cccc(NC(=O)c2cscn2)c1C(=O)O. The number of carbonyl (C=O) groups is 2. The Balaban J connectivity index is 2.32. The van der Waals surface area contributed by atoms with E-state index in [9.17, 15) is 9.59 Å². The maximum atomic E-state index is 11.8. The zero-order chi connectivity index (χ0) is 13.1. The van der Waals surface area contributed by atoms with E-state index in [1.165, 1.54) is 11.3 Å². The van der Waals surface area contributed by atoms with Crippen molar-refractivity contribution in [3.63, 3.8) is 0 Å². The highest BCUT2D eigenvalue weighted by Gasteiger charge is 2.16. The van der Waals surface area contributed by atoms with Crippen LogP contribution in [0.4, 0.5) is 5.69 Å². The zero-order valence-corrected chi connectivity index (χ0v) is 10.3. The number of nitrogens with one attached hydrogen (secondary N) is 1. The van der Waals surface area contributed by atoms with Crippen molar-refractivity contribution in [1.82, 2.24) is 4.98 Å². The van der Waals surface area contributed by atoms with E-state index in [0.717, 1.165) is 0 Å². The first-order chi connectivity index (χ1) is 8.59. The van der Waals surface area contributed by atoms with Gasteiger partial charge in [0.1, 0.15) is 5.69 Å². The Kier molecular flexibility index (Phi) is 3.38. The predicted molar refractivity (Wildman–Crippen MR) is 68.2 cm³/mol. The molecule has 5 nitrogen and oxygen atoms in total. The molecule has 0 spiro atoms. The number of benzene rings is 1. The number of anilines is 1. The Bertz CT molecular complexity index is 593. The van der Waals surface area contributed by atoms with E-state index >= 15 is 0 Å². The minimum absolute atomic E-state index is 0.0982. The molecule has 18 heavy (non-hydrogen) atoms. The highest BCUT2D eigenvalue weighted by atomic mass is 32.1. The molecule has 0 saturated heterocycles. The normalized spacial score (nSPS) is 10.1. The number of amides is 1. The molecule has 1 heterocycles. The zero-order valence-electron chi connectivity index (χ0n) is 9.51. The second-order valence-electron chi connectivity index (χ2n) is 3.63. The third kappa shape index (κ3) is 2.38. The number of carbonyl (C=O) groups excluding carboxylic acids is 1. The van der Waals surface area contributed by atoms with Crippen molar-refractivity contribution in [2.75, 3.05) is 5.32 Å². The van der Waals surface area contributed by atoms with E-state index < -0.39 is 11.9 Å². The van der Waals surface area contributed by atoms with E-state index in [0.29, 0.717) is 5.56 Å². The van der Waals surface area contributed by atoms with Crippen molar-refractivity contribution in [3.05, 3.63) is 45.9 Å². The number of aromatic nitrogens is 1.